The summed E-state index contributed by atoms with van der Waals surface area (Å²) in [6.45, 7) is 14.7. The second kappa shape index (κ2) is 28.7. The Labute approximate surface area is 304 Å². The molecule has 2 saturated heterocycles. The standard InChI is InChI=1S/C42H83NO4S/c1-5-9-13-19-29-41(30-20-14-10-6-2)45-37-39(47-41)27-17-23-33-43(35-25-26-36-44)34-24-18-28-40-38-46-42(48-40,31-21-15-11-7-3)32-22-16-12-8-4/h39-40,44H,5-38H2,1-4H3. The summed E-state index contributed by atoms with van der Waals surface area (Å²) in [6, 6.07) is 0. The molecule has 0 aromatic rings. The van der Waals surface area contributed by atoms with Gasteiger partial charge < -0.3 is 24.2 Å². The zero-order valence-electron chi connectivity index (χ0n) is 32.7. The van der Waals surface area contributed by atoms with Crippen molar-refractivity contribution >= 4 is 11.8 Å². The number of hydrogen-bond acceptors (Lipinski definition) is 6. The fraction of sp³-hybridized carbons (Fsp3) is 1.00. The Balaban J connectivity index is 1.73. The largest absolute Gasteiger partial charge is 0.396 e. The van der Waals surface area contributed by atoms with Crippen molar-refractivity contribution < 1.29 is 19.3 Å². The molecular weight excluding hydrogens is 615 g/mol. The SMILES string of the molecule is CCCCCCC1(CCCCCC)OCC(CCCCN(CCCCO)CCCCC2COC(CCCCCC)(CCCCCC)S2)O1. The van der Waals surface area contributed by atoms with E-state index in [2.05, 4.69) is 44.4 Å². The van der Waals surface area contributed by atoms with E-state index in [4.69, 9.17) is 14.2 Å². The van der Waals surface area contributed by atoms with Crippen molar-refractivity contribution in [2.45, 2.75) is 230 Å². The van der Waals surface area contributed by atoms with Crippen molar-refractivity contribution in [1.82, 2.24) is 4.90 Å². The first-order valence-electron chi connectivity index (χ1n) is 21.5. The van der Waals surface area contributed by atoms with E-state index in [9.17, 15) is 5.11 Å². The number of thioether (sulfide) groups is 1. The zero-order chi connectivity index (χ0) is 34.6. The van der Waals surface area contributed by atoms with E-state index < -0.39 is 0 Å². The molecule has 0 radical (unpaired) electrons. The van der Waals surface area contributed by atoms with Gasteiger partial charge in [0.25, 0.3) is 0 Å². The van der Waals surface area contributed by atoms with E-state index in [1.165, 1.54) is 154 Å². The van der Waals surface area contributed by atoms with E-state index in [1.54, 1.807) is 0 Å². The molecule has 2 rings (SSSR count). The first-order valence-corrected chi connectivity index (χ1v) is 22.4. The third-order valence-electron chi connectivity index (χ3n) is 10.9. The van der Waals surface area contributed by atoms with Crippen LogP contribution in [0.5, 0.6) is 0 Å². The predicted octanol–water partition coefficient (Wildman–Crippen LogP) is 12.2. The summed E-state index contributed by atoms with van der Waals surface area (Å²) in [6.07, 6.45) is 35.2. The molecule has 0 amide bonds. The van der Waals surface area contributed by atoms with Gasteiger partial charge in [-0.15, -0.1) is 11.8 Å². The van der Waals surface area contributed by atoms with Gasteiger partial charge in [-0.1, -0.05) is 111 Å². The van der Waals surface area contributed by atoms with Crippen LogP contribution in [0.4, 0.5) is 0 Å². The summed E-state index contributed by atoms with van der Waals surface area (Å²) in [5.41, 5.74) is 0. The van der Waals surface area contributed by atoms with Gasteiger partial charge in [0, 0.05) is 24.7 Å². The number of ether oxygens (including phenoxy) is 3. The third kappa shape index (κ3) is 19.7. The second-order valence-corrected chi connectivity index (χ2v) is 17.1. The summed E-state index contributed by atoms with van der Waals surface area (Å²) in [7, 11) is 0. The zero-order valence-corrected chi connectivity index (χ0v) is 33.5. The van der Waals surface area contributed by atoms with Crippen LogP contribution in [0.15, 0.2) is 0 Å². The van der Waals surface area contributed by atoms with Gasteiger partial charge in [0.05, 0.1) is 19.3 Å². The summed E-state index contributed by atoms with van der Waals surface area (Å²) < 4.78 is 19.8. The van der Waals surface area contributed by atoms with Crippen molar-refractivity contribution in [3.05, 3.63) is 0 Å². The van der Waals surface area contributed by atoms with Crippen LogP contribution in [0.2, 0.25) is 0 Å². The Morgan fingerprint density at radius 1 is 0.542 bits per heavy atom. The van der Waals surface area contributed by atoms with Crippen molar-refractivity contribution in [3.8, 4) is 0 Å². The monoisotopic (exact) mass is 698 g/mol. The minimum absolute atomic E-state index is 0.0975. The topological polar surface area (TPSA) is 51.2 Å². The van der Waals surface area contributed by atoms with Gasteiger partial charge in [-0.3, -0.25) is 0 Å². The minimum Gasteiger partial charge on any atom is -0.396 e. The third-order valence-corrected chi connectivity index (χ3v) is 12.5. The van der Waals surface area contributed by atoms with E-state index in [-0.39, 0.29) is 16.8 Å². The Morgan fingerprint density at radius 3 is 1.56 bits per heavy atom. The number of rotatable bonds is 34. The maximum atomic E-state index is 9.40. The lowest BCUT2D eigenvalue weighted by atomic mass is 10.00. The van der Waals surface area contributed by atoms with Crippen LogP contribution >= 0.6 is 11.8 Å². The second-order valence-electron chi connectivity index (χ2n) is 15.4. The molecule has 0 aromatic carbocycles. The normalized spacial score (nSPS) is 20.4. The smallest absolute Gasteiger partial charge is 0.168 e. The number of aliphatic hydroxyl groups is 1. The van der Waals surface area contributed by atoms with Crippen molar-refractivity contribution in [1.29, 1.82) is 0 Å². The molecule has 286 valence electrons. The highest BCUT2D eigenvalue weighted by molar-refractivity contribution is 8.01. The van der Waals surface area contributed by atoms with Gasteiger partial charge in [-0.05, 0) is 103 Å². The lowest BCUT2D eigenvalue weighted by molar-refractivity contribution is -0.180. The van der Waals surface area contributed by atoms with E-state index in [0.29, 0.717) is 11.9 Å². The lowest BCUT2D eigenvalue weighted by Crippen LogP contribution is -2.31. The van der Waals surface area contributed by atoms with Crippen LogP contribution in [0, 0.1) is 0 Å². The molecule has 1 N–H and O–H groups in total. The van der Waals surface area contributed by atoms with Gasteiger partial charge in [-0.2, -0.15) is 0 Å². The number of nitrogens with zero attached hydrogens (tertiary/aromatic N) is 1. The molecule has 0 bridgehead atoms. The first kappa shape index (κ1) is 44.3. The van der Waals surface area contributed by atoms with E-state index in [1.807, 2.05) is 0 Å². The molecule has 2 aliphatic rings. The Morgan fingerprint density at radius 2 is 1.04 bits per heavy atom. The molecule has 2 unspecified atom stereocenters. The summed E-state index contributed by atoms with van der Waals surface area (Å²) in [5.74, 6) is -0.311. The average molecular weight is 698 g/mol. The van der Waals surface area contributed by atoms with Crippen LogP contribution in [0.3, 0.4) is 0 Å². The molecule has 2 heterocycles. The lowest BCUT2D eigenvalue weighted by Gasteiger charge is -2.28. The molecule has 0 aromatic heterocycles. The Kier molecular flexibility index (Phi) is 26.5. The number of hydrogen-bond donors (Lipinski definition) is 1. The highest BCUT2D eigenvalue weighted by atomic mass is 32.2. The molecule has 0 saturated carbocycles. The Hall–Kier alpha value is 0.150. The molecule has 0 aliphatic carbocycles. The maximum absolute atomic E-state index is 9.40. The minimum atomic E-state index is -0.311. The molecule has 2 atom stereocenters. The quantitative estimate of drug-likeness (QED) is 0.0676. The maximum Gasteiger partial charge on any atom is 0.168 e. The van der Waals surface area contributed by atoms with Gasteiger partial charge in [0.2, 0.25) is 0 Å². The highest BCUT2D eigenvalue weighted by Gasteiger charge is 2.41. The fourth-order valence-electron chi connectivity index (χ4n) is 7.77. The van der Waals surface area contributed by atoms with Crippen molar-refractivity contribution in [3.63, 3.8) is 0 Å². The molecule has 5 nitrogen and oxygen atoms in total. The van der Waals surface area contributed by atoms with Crippen LogP contribution < -0.4 is 0 Å². The van der Waals surface area contributed by atoms with Gasteiger partial charge in [0.1, 0.15) is 4.93 Å². The Bertz CT molecular complexity index is 646. The van der Waals surface area contributed by atoms with Gasteiger partial charge in [-0.25, -0.2) is 0 Å². The molecule has 2 aliphatic heterocycles. The number of unbranched alkanes of at least 4 members (excludes halogenated alkanes) is 15. The van der Waals surface area contributed by atoms with E-state index >= 15 is 0 Å². The molecule has 0 spiro atoms. The van der Waals surface area contributed by atoms with Crippen LogP contribution in [0.25, 0.3) is 0 Å². The number of aliphatic hydroxyl groups excluding tert-OH is 1. The predicted molar refractivity (Wildman–Crippen MR) is 209 cm³/mol. The summed E-state index contributed by atoms with van der Waals surface area (Å²) in [5, 5.41) is 10.1. The van der Waals surface area contributed by atoms with Crippen molar-refractivity contribution in [2.24, 2.45) is 0 Å². The fourth-order valence-corrected chi connectivity index (χ4v) is 9.46. The van der Waals surface area contributed by atoms with E-state index in [0.717, 1.165) is 58.4 Å². The highest BCUT2D eigenvalue weighted by Crippen LogP contribution is 2.47. The molecule has 2 fully saturated rings. The summed E-state index contributed by atoms with van der Waals surface area (Å²) >= 11 is 2.21. The van der Waals surface area contributed by atoms with Crippen LogP contribution in [0.1, 0.15) is 207 Å². The van der Waals surface area contributed by atoms with Crippen LogP contribution in [-0.2, 0) is 14.2 Å². The van der Waals surface area contributed by atoms with Gasteiger partial charge >= 0.3 is 0 Å². The molecule has 48 heavy (non-hydrogen) atoms. The summed E-state index contributed by atoms with van der Waals surface area (Å²) in [4.78, 5) is 2.78. The first-order chi connectivity index (χ1) is 23.5. The molecular formula is C42H83NO4S. The van der Waals surface area contributed by atoms with Crippen LogP contribution in [-0.4, -0.2) is 71.5 Å². The van der Waals surface area contributed by atoms with Gasteiger partial charge in [0.15, 0.2) is 5.79 Å². The van der Waals surface area contributed by atoms with Crippen molar-refractivity contribution in [2.75, 3.05) is 39.5 Å². The molecule has 6 heteroatoms. The average Bonchev–Trinajstić information content (AvgIpc) is 3.70.